The van der Waals surface area contributed by atoms with Crippen molar-refractivity contribution in [3.63, 3.8) is 0 Å². The molecular weight excluding hydrogens is 170 g/mol. The molecule has 0 saturated heterocycles. The molecule has 1 aliphatic rings. The summed E-state index contributed by atoms with van der Waals surface area (Å²) in [5, 5.41) is 3.12. The second-order valence-corrected chi connectivity index (χ2v) is 3.08. The van der Waals surface area contributed by atoms with E-state index in [2.05, 4.69) is 10.1 Å². The second-order valence-electron chi connectivity index (χ2n) is 3.08. The SMILES string of the molecule is COC(=O)[C@@H](N)CC1=CN(C)CN1. The van der Waals surface area contributed by atoms with Crippen molar-refractivity contribution >= 4 is 5.97 Å². The first kappa shape index (κ1) is 9.85. The second kappa shape index (κ2) is 4.13. The molecule has 1 aliphatic heterocycles. The fourth-order valence-corrected chi connectivity index (χ4v) is 1.18. The molecule has 0 saturated carbocycles. The number of methoxy groups -OCH3 is 1. The molecular formula is C8H15N3O2. The van der Waals surface area contributed by atoms with Gasteiger partial charge < -0.3 is 20.7 Å². The van der Waals surface area contributed by atoms with Gasteiger partial charge in [-0.1, -0.05) is 0 Å². The Kier molecular flexibility index (Phi) is 3.13. The minimum Gasteiger partial charge on any atom is -0.468 e. The highest BCUT2D eigenvalue weighted by Crippen LogP contribution is 2.07. The molecule has 5 heteroatoms. The number of nitrogens with zero attached hydrogens (tertiary/aromatic N) is 1. The van der Waals surface area contributed by atoms with Crippen LogP contribution in [-0.4, -0.2) is 37.7 Å². The highest BCUT2D eigenvalue weighted by molar-refractivity contribution is 5.75. The Hall–Kier alpha value is -1.23. The van der Waals surface area contributed by atoms with E-state index >= 15 is 0 Å². The lowest BCUT2D eigenvalue weighted by Gasteiger charge is -2.09. The maximum atomic E-state index is 11.0. The molecule has 1 atom stereocenters. The lowest BCUT2D eigenvalue weighted by molar-refractivity contribution is -0.142. The molecule has 0 aromatic carbocycles. The molecule has 0 aliphatic carbocycles. The number of hydrogen-bond acceptors (Lipinski definition) is 5. The molecule has 13 heavy (non-hydrogen) atoms. The summed E-state index contributed by atoms with van der Waals surface area (Å²) in [6, 6.07) is -0.574. The van der Waals surface area contributed by atoms with E-state index in [4.69, 9.17) is 5.73 Å². The van der Waals surface area contributed by atoms with E-state index in [9.17, 15) is 4.79 Å². The first-order valence-electron chi connectivity index (χ1n) is 4.11. The average molecular weight is 185 g/mol. The molecule has 1 heterocycles. The predicted octanol–water partition coefficient (Wildman–Crippen LogP) is -0.789. The molecule has 5 nitrogen and oxygen atoms in total. The van der Waals surface area contributed by atoms with Crippen LogP contribution in [0.2, 0.25) is 0 Å². The molecule has 0 fully saturated rings. The third-order valence-corrected chi connectivity index (χ3v) is 1.88. The van der Waals surface area contributed by atoms with Crippen molar-refractivity contribution in [1.29, 1.82) is 0 Å². The Morgan fingerprint density at radius 3 is 3.08 bits per heavy atom. The fraction of sp³-hybridized carbons (Fsp3) is 0.625. The van der Waals surface area contributed by atoms with Crippen LogP contribution in [0.25, 0.3) is 0 Å². The zero-order valence-electron chi connectivity index (χ0n) is 7.91. The maximum absolute atomic E-state index is 11.0. The molecule has 0 unspecified atom stereocenters. The first-order chi connectivity index (χ1) is 6.13. The summed E-state index contributed by atoms with van der Waals surface area (Å²) in [6.45, 7) is 0.767. The van der Waals surface area contributed by atoms with Crippen molar-refractivity contribution in [1.82, 2.24) is 10.2 Å². The van der Waals surface area contributed by atoms with Gasteiger partial charge >= 0.3 is 5.97 Å². The van der Waals surface area contributed by atoms with E-state index in [0.717, 1.165) is 12.4 Å². The van der Waals surface area contributed by atoms with Gasteiger partial charge in [0.1, 0.15) is 6.04 Å². The van der Waals surface area contributed by atoms with E-state index in [0.29, 0.717) is 6.42 Å². The van der Waals surface area contributed by atoms with Gasteiger partial charge in [0.15, 0.2) is 0 Å². The Bertz CT molecular complexity index is 227. The summed E-state index contributed by atoms with van der Waals surface area (Å²) in [5.41, 5.74) is 6.55. The van der Waals surface area contributed by atoms with Gasteiger partial charge in [0, 0.05) is 25.4 Å². The number of nitrogens with two attached hydrogens (primary N) is 1. The Morgan fingerprint density at radius 1 is 1.92 bits per heavy atom. The standard InChI is InChI=1S/C8H15N3O2/c1-11-4-6(10-5-11)3-7(9)8(12)13-2/h4,7,10H,3,5,9H2,1-2H3/t7-/m0/s1. The van der Waals surface area contributed by atoms with Gasteiger partial charge in [0.2, 0.25) is 0 Å². The van der Waals surface area contributed by atoms with Crippen LogP contribution in [0.4, 0.5) is 0 Å². The monoisotopic (exact) mass is 185 g/mol. The van der Waals surface area contributed by atoms with E-state index in [1.807, 2.05) is 18.1 Å². The van der Waals surface area contributed by atoms with Gasteiger partial charge in [0.25, 0.3) is 0 Å². The van der Waals surface area contributed by atoms with Crippen LogP contribution in [-0.2, 0) is 9.53 Å². The number of nitrogens with one attached hydrogen (secondary N) is 1. The number of carbonyl (C=O) groups excluding carboxylic acids is 1. The topological polar surface area (TPSA) is 67.6 Å². The van der Waals surface area contributed by atoms with E-state index in [-0.39, 0.29) is 5.97 Å². The van der Waals surface area contributed by atoms with Gasteiger partial charge in [-0.2, -0.15) is 0 Å². The molecule has 0 radical (unpaired) electrons. The van der Waals surface area contributed by atoms with Gasteiger partial charge in [-0.3, -0.25) is 4.79 Å². The van der Waals surface area contributed by atoms with Crippen molar-refractivity contribution < 1.29 is 9.53 Å². The van der Waals surface area contributed by atoms with Crippen LogP contribution in [0.1, 0.15) is 6.42 Å². The summed E-state index contributed by atoms with van der Waals surface area (Å²) >= 11 is 0. The fourth-order valence-electron chi connectivity index (χ4n) is 1.18. The van der Waals surface area contributed by atoms with E-state index in [1.54, 1.807) is 0 Å². The molecule has 0 bridgehead atoms. The van der Waals surface area contributed by atoms with Crippen molar-refractivity contribution in [3.05, 3.63) is 11.9 Å². The highest BCUT2D eigenvalue weighted by atomic mass is 16.5. The molecule has 0 amide bonds. The Balaban J connectivity index is 2.40. The number of carbonyl (C=O) groups is 1. The van der Waals surface area contributed by atoms with Crippen LogP contribution in [0, 0.1) is 0 Å². The lowest BCUT2D eigenvalue weighted by Crippen LogP contribution is -2.33. The third kappa shape index (κ3) is 2.62. The van der Waals surface area contributed by atoms with Crippen molar-refractivity contribution in [2.24, 2.45) is 5.73 Å². The van der Waals surface area contributed by atoms with Crippen LogP contribution < -0.4 is 11.1 Å². The van der Waals surface area contributed by atoms with Gasteiger partial charge in [0.05, 0.1) is 13.8 Å². The van der Waals surface area contributed by atoms with Crippen molar-refractivity contribution in [3.8, 4) is 0 Å². The molecule has 3 N–H and O–H groups in total. The van der Waals surface area contributed by atoms with Crippen LogP contribution in [0.3, 0.4) is 0 Å². The normalized spacial score (nSPS) is 17.8. The summed E-state index contributed by atoms with van der Waals surface area (Å²) in [6.07, 6.45) is 2.43. The highest BCUT2D eigenvalue weighted by Gasteiger charge is 2.17. The first-order valence-corrected chi connectivity index (χ1v) is 4.11. The van der Waals surface area contributed by atoms with E-state index in [1.165, 1.54) is 7.11 Å². The largest absolute Gasteiger partial charge is 0.468 e. The molecule has 74 valence electrons. The van der Waals surface area contributed by atoms with Crippen molar-refractivity contribution in [2.75, 3.05) is 20.8 Å². The molecule has 0 aromatic rings. The Morgan fingerprint density at radius 2 is 2.62 bits per heavy atom. The summed E-state index contributed by atoms with van der Waals surface area (Å²) in [7, 11) is 3.29. The third-order valence-electron chi connectivity index (χ3n) is 1.88. The number of ether oxygens (including phenoxy) is 1. The van der Waals surface area contributed by atoms with Crippen LogP contribution in [0.5, 0.6) is 0 Å². The lowest BCUT2D eigenvalue weighted by atomic mass is 10.2. The molecule has 0 aromatic heterocycles. The van der Waals surface area contributed by atoms with Gasteiger partial charge in [-0.15, -0.1) is 0 Å². The molecule has 0 spiro atoms. The quantitative estimate of drug-likeness (QED) is 0.564. The minimum absolute atomic E-state index is 0.378. The predicted molar refractivity (Wildman–Crippen MR) is 48.5 cm³/mol. The summed E-state index contributed by atoms with van der Waals surface area (Å²) in [5.74, 6) is -0.378. The zero-order chi connectivity index (χ0) is 9.84. The van der Waals surface area contributed by atoms with Crippen LogP contribution in [0.15, 0.2) is 11.9 Å². The smallest absolute Gasteiger partial charge is 0.323 e. The Labute approximate surface area is 77.5 Å². The van der Waals surface area contributed by atoms with Crippen molar-refractivity contribution in [2.45, 2.75) is 12.5 Å². The number of rotatable bonds is 3. The molecule has 1 rings (SSSR count). The minimum atomic E-state index is -0.574. The average Bonchev–Trinajstić information content (AvgIpc) is 2.49. The maximum Gasteiger partial charge on any atom is 0.323 e. The van der Waals surface area contributed by atoms with E-state index < -0.39 is 6.04 Å². The summed E-state index contributed by atoms with van der Waals surface area (Å²) in [4.78, 5) is 13.0. The zero-order valence-corrected chi connectivity index (χ0v) is 7.91. The van der Waals surface area contributed by atoms with Crippen LogP contribution >= 0.6 is 0 Å². The number of hydrogen-bond donors (Lipinski definition) is 2. The van der Waals surface area contributed by atoms with Gasteiger partial charge in [-0.25, -0.2) is 0 Å². The summed E-state index contributed by atoms with van der Waals surface area (Å²) < 4.78 is 4.52. The number of esters is 1. The van der Waals surface area contributed by atoms with Gasteiger partial charge in [-0.05, 0) is 0 Å².